The fraction of sp³-hybridized carbons (Fsp3) is 0.533. The number of likely N-dealkylation sites (tertiary alicyclic amines) is 1. The Morgan fingerprint density at radius 3 is 2.62 bits per heavy atom. The van der Waals surface area contributed by atoms with Gasteiger partial charge in [-0.1, -0.05) is 26.3 Å². The van der Waals surface area contributed by atoms with Crippen molar-refractivity contribution in [1.82, 2.24) is 4.90 Å². The lowest BCUT2D eigenvalue weighted by molar-refractivity contribution is 0.0786. The maximum Gasteiger partial charge on any atom is 0.253 e. The molecule has 1 aliphatic heterocycles. The van der Waals surface area contributed by atoms with E-state index >= 15 is 0 Å². The van der Waals surface area contributed by atoms with E-state index in [2.05, 4.69) is 6.92 Å². The van der Waals surface area contributed by atoms with Crippen LogP contribution in [0.5, 0.6) is 0 Å². The van der Waals surface area contributed by atoms with Gasteiger partial charge in [0.2, 0.25) is 10.0 Å². The van der Waals surface area contributed by atoms with E-state index in [-0.39, 0.29) is 10.8 Å². The van der Waals surface area contributed by atoms with Crippen molar-refractivity contribution < 1.29 is 13.2 Å². The molecule has 1 aliphatic rings. The fourth-order valence-electron chi connectivity index (χ4n) is 2.78. The van der Waals surface area contributed by atoms with Crippen molar-refractivity contribution in [2.45, 2.75) is 38.0 Å². The smallest absolute Gasteiger partial charge is 0.253 e. The molecule has 0 aromatic heterocycles. The molecular weight excluding hydrogens is 288 g/mol. The van der Waals surface area contributed by atoms with Crippen LogP contribution >= 0.6 is 0 Å². The Bertz CT molecular complexity index is 640. The number of carbonyl (C=O) groups excluding carboxylic acids is 1. The molecule has 2 N–H and O–H groups in total. The van der Waals surface area contributed by atoms with Gasteiger partial charge in [-0.05, 0) is 36.5 Å². The van der Waals surface area contributed by atoms with E-state index < -0.39 is 10.0 Å². The second-order valence-corrected chi connectivity index (χ2v) is 7.07. The number of rotatable bonds is 4. The van der Waals surface area contributed by atoms with Gasteiger partial charge in [-0.15, -0.1) is 0 Å². The molecule has 1 aromatic rings. The number of nitrogens with two attached hydrogens (primary N) is 1. The predicted octanol–water partition coefficient (Wildman–Crippen LogP) is 1.77. The average Bonchev–Trinajstić information content (AvgIpc) is 2.93. The summed E-state index contributed by atoms with van der Waals surface area (Å²) < 4.78 is 23.3. The van der Waals surface area contributed by atoms with Gasteiger partial charge in [0.15, 0.2) is 0 Å². The first-order chi connectivity index (χ1) is 9.86. The van der Waals surface area contributed by atoms with Crippen LogP contribution in [0.3, 0.4) is 0 Å². The third kappa shape index (κ3) is 3.44. The number of hydrogen-bond acceptors (Lipinski definition) is 3. The molecule has 2 rings (SSSR count). The molecular formula is C15H22N2O3S. The molecule has 1 atom stereocenters. The van der Waals surface area contributed by atoms with Crippen LogP contribution in [0.25, 0.3) is 0 Å². The lowest BCUT2D eigenvalue weighted by atomic mass is 10.1. The predicted molar refractivity (Wildman–Crippen MR) is 81.5 cm³/mol. The molecule has 21 heavy (non-hydrogen) atoms. The van der Waals surface area contributed by atoms with Crippen LogP contribution < -0.4 is 5.14 Å². The van der Waals surface area contributed by atoms with Gasteiger partial charge in [0.1, 0.15) is 0 Å². The quantitative estimate of drug-likeness (QED) is 0.920. The van der Waals surface area contributed by atoms with Gasteiger partial charge in [-0.25, -0.2) is 13.6 Å². The van der Waals surface area contributed by atoms with Gasteiger partial charge in [0.25, 0.3) is 5.91 Å². The molecule has 0 spiro atoms. The average molecular weight is 310 g/mol. The Morgan fingerprint density at radius 2 is 2.10 bits per heavy atom. The number of primary sulfonamides is 1. The summed E-state index contributed by atoms with van der Waals surface area (Å²) in [5, 5.41) is 5.25. The summed E-state index contributed by atoms with van der Waals surface area (Å²) in [5.41, 5.74) is 1.04. The summed E-state index contributed by atoms with van der Waals surface area (Å²) in [6, 6.07) is 4.78. The van der Waals surface area contributed by atoms with E-state index in [1.807, 2.05) is 6.92 Å². The summed E-state index contributed by atoms with van der Waals surface area (Å²) in [6.07, 6.45) is 2.63. The molecule has 1 aromatic carbocycles. The minimum atomic E-state index is -3.81. The Hall–Kier alpha value is -1.40. The standard InChI is InChI=1S/C15H22N2O3S/c1-3-11-7-8-17(10-11)15(18)13-6-5-12(4-2)14(9-13)21(16,19)20/h5-6,9,11H,3-4,7-8,10H2,1-2H3,(H2,16,19,20). The SMILES string of the molecule is CCc1ccc(C(=O)N2CCC(CC)C2)cc1S(N)(=O)=O. The highest BCUT2D eigenvalue weighted by Gasteiger charge is 2.26. The van der Waals surface area contributed by atoms with Crippen molar-refractivity contribution in [3.8, 4) is 0 Å². The van der Waals surface area contributed by atoms with E-state index in [0.29, 0.717) is 23.5 Å². The Balaban J connectivity index is 2.31. The molecule has 1 heterocycles. The zero-order valence-electron chi connectivity index (χ0n) is 12.5. The molecule has 0 bridgehead atoms. The summed E-state index contributed by atoms with van der Waals surface area (Å²) in [6.45, 7) is 5.46. The Kier molecular flexibility index (Phi) is 4.68. The normalized spacial score (nSPS) is 19.0. The van der Waals surface area contributed by atoms with Gasteiger partial charge < -0.3 is 4.90 Å². The highest BCUT2D eigenvalue weighted by molar-refractivity contribution is 7.89. The fourth-order valence-corrected chi connectivity index (χ4v) is 3.65. The van der Waals surface area contributed by atoms with Crippen LogP contribution in [0.2, 0.25) is 0 Å². The lowest BCUT2D eigenvalue weighted by Crippen LogP contribution is -2.29. The first-order valence-electron chi connectivity index (χ1n) is 7.31. The van der Waals surface area contributed by atoms with Gasteiger partial charge >= 0.3 is 0 Å². The minimum absolute atomic E-state index is 0.0575. The molecule has 0 aliphatic carbocycles. The second-order valence-electron chi connectivity index (χ2n) is 5.54. The van der Waals surface area contributed by atoms with Crippen LogP contribution in [-0.2, 0) is 16.4 Å². The molecule has 1 saturated heterocycles. The number of hydrogen-bond donors (Lipinski definition) is 1. The Morgan fingerprint density at radius 1 is 1.38 bits per heavy atom. The van der Waals surface area contributed by atoms with Crippen molar-refractivity contribution >= 4 is 15.9 Å². The highest BCUT2D eigenvalue weighted by Crippen LogP contribution is 2.23. The first-order valence-corrected chi connectivity index (χ1v) is 8.86. The monoisotopic (exact) mass is 310 g/mol. The minimum Gasteiger partial charge on any atom is -0.338 e. The third-order valence-electron chi connectivity index (χ3n) is 4.15. The maximum atomic E-state index is 12.5. The summed E-state index contributed by atoms with van der Waals surface area (Å²) >= 11 is 0. The summed E-state index contributed by atoms with van der Waals surface area (Å²) in [5.74, 6) is 0.431. The second kappa shape index (κ2) is 6.15. The number of aryl methyl sites for hydroxylation is 1. The highest BCUT2D eigenvalue weighted by atomic mass is 32.2. The zero-order valence-corrected chi connectivity index (χ0v) is 13.3. The van der Waals surface area contributed by atoms with Gasteiger partial charge in [0, 0.05) is 18.7 Å². The number of amides is 1. The molecule has 0 saturated carbocycles. The van der Waals surface area contributed by atoms with E-state index in [9.17, 15) is 13.2 Å². The van der Waals surface area contributed by atoms with E-state index in [4.69, 9.17) is 5.14 Å². The molecule has 1 unspecified atom stereocenters. The first kappa shape index (κ1) is 16.0. The Labute approximate surface area is 126 Å². The van der Waals surface area contributed by atoms with Crippen LogP contribution in [0.4, 0.5) is 0 Å². The van der Waals surface area contributed by atoms with Gasteiger partial charge in [-0.2, -0.15) is 0 Å². The molecule has 116 valence electrons. The molecule has 1 amide bonds. The number of benzene rings is 1. The lowest BCUT2D eigenvalue weighted by Gasteiger charge is -2.17. The van der Waals surface area contributed by atoms with Gasteiger partial charge in [-0.3, -0.25) is 4.79 Å². The summed E-state index contributed by atoms with van der Waals surface area (Å²) in [7, 11) is -3.81. The number of carbonyl (C=O) groups is 1. The zero-order chi connectivity index (χ0) is 15.6. The van der Waals surface area contributed by atoms with Crippen molar-refractivity contribution in [2.24, 2.45) is 11.1 Å². The van der Waals surface area contributed by atoms with Crippen molar-refractivity contribution in [2.75, 3.05) is 13.1 Å². The van der Waals surface area contributed by atoms with Crippen LogP contribution in [0, 0.1) is 5.92 Å². The molecule has 6 heteroatoms. The van der Waals surface area contributed by atoms with E-state index in [1.54, 1.807) is 17.0 Å². The number of nitrogens with zero attached hydrogens (tertiary/aromatic N) is 1. The third-order valence-corrected chi connectivity index (χ3v) is 5.15. The van der Waals surface area contributed by atoms with Crippen molar-refractivity contribution in [3.63, 3.8) is 0 Å². The largest absolute Gasteiger partial charge is 0.338 e. The maximum absolute atomic E-state index is 12.5. The van der Waals surface area contributed by atoms with E-state index in [0.717, 1.165) is 25.9 Å². The summed E-state index contributed by atoms with van der Waals surface area (Å²) in [4.78, 5) is 14.3. The van der Waals surface area contributed by atoms with E-state index in [1.165, 1.54) is 6.07 Å². The molecule has 0 radical (unpaired) electrons. The van der Waals surface area contributed by atoms with Crippen molar-refractivity contribution in [3.05, 3.63) is 29.3 Å². The van der Waals surface area contributed by atoms with Crippen LogP contribution in [-0.4, -0.2) is 32.3 Å². The number of sulfonamides is 1. The van der Waals surface area contributed by atoms with Crippen molar-refractivity contribution in [1.29, 1.82) is 0 Å². The van der Waals surface area contributed by atoms with Gasteiger partial charge in [0.05, 0.1) is 4.90 Å². The molecule has 1 fully saturated rings. The van der Waals surface area contributed by atoms with Crippen LogP contribution in [0.15, 0.2) is 23.1 Å². The topological polar surface area (TPSA) is 80.5 Å². The molecule has 5 nitrogen and oxygen atoms in total. The van der Waals surface area contributed by atoms with Crippen LogP contribution in [0.1, 0.15) is 42.6 Å².